The van der Waals surface area contributed by atoms with E-state index in [1.54, 1.807) is 19.1 Å². The second kappa shape index (κ2) is 15.3. The molecule has 1 aliphatic carbocycles. The van der Waals surface area contributed by atoms with Crippen molar-refractivity contribution in [3.8, 4) is 0 Å². The monoisotopic (exact) mass is 691 g/mol. The highest BCUT2D eigenvalue weighted by atomic mass is 32.2. The fourth-order valence-electron chi connectivity index (χ4n) is 6.10. The standard InChI is InChI=1S/C38H40F3N3O4S/c1-27-19-21-34(22-20-27)49(47,48)44(33-18-10-15-31(24-33)38(39,40)41)26-36(45)43(25-30-14-7-6-11-28(30)2)35(23-29-12-4-3-5-13-29)37(46)42-32-16-8-9-17-32/h3-7,10-15,18-22,24,32,35H,8-9,16-17,23,25-26H2,1-2H3,(H,42,46). The van der Waals surface area contributed by atoms with Crippen LogP contribution in [0.4, 0.5) is 18.9 Å². The highest BCUT2D eigenvalue weighted by Gasteiger charge is 2.37. The average molecular weight is 692 g/mol. The van der Waals surface area contributed by atoms with E-state index in [1.807, 2.05) is 61.5 Å². The van der Waals surface area contributed by atoms with Crippen LogP contribution < -0.4 is 9.62 Å². The van der Waals surface area contributed by atoms with E-state index in [0.717, 1.165) is 66.1 Å². The van der Waals surface area contributed by atoms with Crippen molar-refractivity contribution < 1.29 is 31.2 Å². The summed E-state index contributed by atoms with van der Waals surface area (Å²) >= 11 is 0. The molecule has 4 aromatic rings. The molecule has 2 amide bonds. The summed E-state index contributed by atoms with van der Waals surface area (Å²) in [7, 11) is -4.55. The summed E-state index contributed by atoms with van der Waals surface area (Å²) in [5, 5.41) is 3.12. The first-order chi connectivity index (χ1) is 23.3. The maximum Gasteiger partial charge on any atom is 0.416 e. The van der Waals surface area contributed by atoms with Crippen LogP contribution in [0.25, 0.3) is 0 Å². The first-order valence-corrected chi connectivity index (χ1v) is 17.7. The lowest BCUT2D eigenvalue weighted by Gasteiger charge is -2.34. The second-order valence-electron chi connectivity index (χ2n) is 12.5. The fraction of sp³-hybridized carbons (Fsp3) is 0.316. The Morgan fingerprint density at radius 2 is 1.51 bits per heavy atom. The van der Waals surface area contributed by atoms with Crippen LogP contribution in [0.3, 0.4) is 0 Å². The molecule has 1 saturated carbocycles. The minimum Gasteiger partial charge on any atom is -0.352 e. The van der Waals surface area contributed by atoms with E-state index >= 15 is 0 Å². The molecule has 0 heterocycles. The third kappa shape index (κ3) is 8.89. The van der Waals surface area contributed by atoms with Gasteiger partial charge in [0, 0.05) is 19.0 Å². The van der Waals surface area contributed by atoms with Crippen LogP contribution in [0.1, 0.15) is 53.5 Å². The van der Waals surface area contributed by atoms with Gasteiger partial charge in [0.05, 0.1) is 16.1 Å². The molecule has 1 atom stereocenters. The smallest absolute Gasteiger partial charge is 0.352 e. The highest BCUT2D eigenvalue weighted by molar-refractivity contribution is 7.92. The molecular weight excluding hydrogens is 651 g/mol. The van der Waals surface area contributed by atoms with Crippen molar-refractivity contribution in [3.63, 3.8) is 0 Å². The van der Waals surface area contributed by atoms with Crippen LogP contribution in [-0.2, 0) is 38.8 Å². The van der Waals surface area contributed by atoms with Crippen molar-refractivity contribution in [2.24, 2.45) is 0 Å². The van der Waals surface area contributed by atoms with Gasteiger partial charge >= 0.3 is 6.18 Å². The molecule has 1 unspecified atom stereocenters. The number of sulfonamides is 1. The molecular formula is C38H40F3N3O4S. The van der Waals surface area contributed by atoms with Gasteiger partial charge in [-0.25, -0.2) is 8.42 Å². The predicted octanol–water partition coefficient (Wildman–Crippen LogP) is 7.22. The third-order valence-corrected chi connectivity index (χ3v) is 10.7. The number of anilines is 1. The highest BCUT2D eigenvalue weighted by Crippen LogP contribution is 2.33. The largest absolute Gasteiger partial charge is 0.416 e. The number of hydrogen-bond donors (Lipinski definition) is 1. The van der Waals surface area contributed by atoms with Crippen LogP contribution in [0, 0.1) is 13.8 Å². The third-order valence-electron chi connectivity index (χ3n) is 8.92. The fourth-order valence-corrected chi connectivity index (χ4v) is 7.50. The normalized spacial score (nSPS) is 14.3. The summed E-state index contributed by atoms with van der Waals surface area (Å²) in [5.74, 6) is -1.11. The minimum absolute atomic E-state index is 0.0257. The molecule has 0 bridgehead atoms. The lowest BCUT2D eigenvalue weighted by molar-refractivity contribution is -0.140. The van der Waals surface area contributed by atoms with E-state index < -0.39 is 40.3 Å². The van der Waals surface area contributed by atoms with Gasteiger partial charge in [-0.1, -0.05) is 91.2 Å². The van der Waals surface area contributed by atoms with Gasteiger partial charge in [-0.2, -0.15) is 13.2 Å². The Labute approximate surface area is 285 Å². The Morgan fingerprint density at radius 1 is 0.857 bits per heavy atom. The van der Waals surface area contributed by atoms with Crippen LogP contribution in [-0.4, -0.2) is 43.8 Å². The number of amides is 2. The number of carbonyl (C=O) groups is 2. The number of carbonyl (C=O) groups excluding carboxylic acids is 2. The van der Waals surface area contributed by atoms with Crippen LogP contribution in [0.2, 0.25) is 0 Å². The van der Waals surface area contributed by atoms with E-state index in [1.165, 1.54) is 23.1 Å². The van der Waals surface area contributed by atoms with Gasteiger partial charge < -0.3 is 10.2 Å². The number of halogens is 3. The Morgan fingerprint density at radius 3 is 2.16 bits per heavy atom. The van der Waals surface area contributed by atoms with Crippen molar-refractivity contribution in [2.45, 2.75) is 75.7 Å². The summed E-state index contributed by atoms with van der Waals surface area (Å²) in [6, 6.07) is 25.2. The first-order valence-electron chi connectivity index (χ1n) is 16.3. The van der Waals surface area contributed by atoms with Gasteiger partial charge in [-0.05, 0) is 73.7 Å². The van der Waals surface area contributed by atoms with Crippen LogP contribution in [0.15, 0.2) is 108 Å². The zero-order valence-corrected chi connectivity index (χ0v) is 28.3. The number of nitrogens with one attached hydrogen (secondary N) is 1. The van der Waals surface area contributed by atoms with Crippen molar-refractivity contribution in [2.75, 3.05) is 10.8 Å². The van der Waals surface area contributed by atoms with Gasteiger partial charge in [0.1, 0.15) is 12.6 Å². The molecule has 0 aliphatic heterocycles. The average Bonchev–Trinajstić information content (AvgIpc) is 3.59. The molecule has 11 heteroatoms. The Bertz CT molecular complexity index is 1860. The molecule has 0 spiro atoms. The maximum atomic E-state index is 14.6. The molecule has 7 nitrogen and oxygen atoms in total. The Balaban J connectivity index is 1.60. The molecule has 0 aromatic heterocycles. The number of nitrogens with zero attached hydrogens (tertiary/aromatic N) is 2. The summed E-state index contributed by atoms with van der Waals surface area (Å²) in [4.78, 5) is 30.0. The van der Waals surface area contributed by atoms with Gasteiger partial charge in [-0.3, -0.25) is 13.9 Å². The second-order valence-corrected chi connectivity index (χ2v) is 14.4. The molecule has 258 valence electrons. The minimum atomic E-state index is -4.75. The van der Waals surface area contributed by atoms with Crippen LogP contribution in [0.5, 0.6) is 0 Å². The van der Waals surface area contributed by atoms with Crippen LogP contribution >= 0.6 is 0 Å². The molecule has 0 radical (unpaired) electrons. The van der Waals surface area contributed by atoms with Gasteiger partial charge in [0.25, 0.3) is 10.0 Å². The Kier molecular flexibility index (Phi) is 11.1. The lowest BCUT2D eigenvalue weighted by atomic mass is 10.0. The summed E-state index contributed by atoms with van der Waals surface area (Å²) in [6.07, 6.45) is -1.03. The zero-order chi connectivity index (χ0) is 35.2. The van der Waals surface area contributed by atoms with E-state index in [9.17, 15) is 31.2 Å². The molecule has 1 N–H and O–H groups in total. The summed E-state index contributed by atoms with van der Waals surface area (Å²) in [6.45, 7) is 2.78. The van der Waals surface area contributed by atoms with Gasteiger partial charge in [0.15, 0.2) is 0 Å². The van der Waals surface area contributed by atoms with Crippen molar-refractivity contribution >= 4 is 27.5 Å². The summed E-state index contributed by atoms with van der Waals surface area (Å²) < 4.78 is 70.6. The van der Waals surface area contributed by atoms with E-state index in [2.05, 4.69) is 5.32 Å². The maximum absolute atomic E-state index is 14.6. The number of benzene rings is 4. The van der Waals surface area contributed by atoms with Gasteiger partial charge in [0.2, 0.25) is 11.8 Å². The first kappa shape index (κ1) is 35.7. The molecule has 1 fully saturated rings. The van der Waals surface area contributed by atoms with E-state index in [0.29, 0.717) is 4.31 Å². The van der Waals surface area contributed by atoms with E-state index in [-0.39, 0.29) is 35.5 Å². The quantitative estimate of drug-likeness (QED) is 0.170. The number of hydrogen-bond acceptors (Lipinski definition) is 4. The summed E-state index contributed by atoms with van der Waals surface area (Å²) in [5.41, 5.74) is 1.79. The number of alkyl halides is 3. The van der Waals surface area contributed by atoms with Crippen molar-refractivity contribution in [3.05, 3.63) is 131 Å². The van der Waals surface area contributed by atoms with Gasteiger partial charge in [-0.15, -0.1) is 0 Å². The molecule has 0 saturated heterocycles. The molecule has 1 aliphatic rings. The zero-order valence-electron chi connectivity index (χ0n) is 27.5. The molecule has 5 rings (SSSR count). The molecule has 49 heavy (non-hydrogen) atoms. The van der Waals surface area contributed by atoms with Crippen molar-refractivity contribution in [1.82, 2.24) is 10.2 Å². The Hall–Kier alpha value is -4.64. The van der Waals surface area contributed by atoms with Crippen molar-refractivity contribution in [1.29, 1.82) is 0 Å². The number of rotatable bonds is 12. The lowest BCUT2D eigenvalue weighted by Crippen LogP contribution is -2.54. The van der Waals surface area contributed by atoms with E-state index in [4.69, 9.17) is 0 Å². The SMILES string of the molecule is Cc1ccc(S(=O)(=O)N(CC(=O)N(Cc2ccccc2C)C(Cc2ccccc2)C(=O)NC2CCCC2)c2cccc(C(F)(F)F)c2)cc1. The molecule has 4 aromatic carbocycles. The topological polar surface area (TPSA) is 86.8 Å². The predicted molar refractivity (Wildman–Crippen MR) is 183 cm³/mol. The number of aryl methyl sites for hydroxylation is 2.